The molecule has 4 aromatic rings. The number of carbonyl (C=O) groups is 1. The Morgan fingerprint density at radius 3 is 2.31 bits per heavy atom. The summed E-state index contributed by atoms with van der Waals surface area (Å²) < 4.78 is 28.4. The Labute approximate surface area is 206 Å². The first-order chi connectivity index (χ1) is 16.8. The number of aromatic nitrogens is 4. The van der Waals surface area contributed by atoms with Crippen molar-refractivity contribution in [1.82, 2.24) is 24.4 Å². The summed E-state index contributed by atoms with van der Waals surface area (Å²) in [6.45, 7) is 0.746. The summed E-state index contributed by atoms with van der Waals surface area (Å²) >= 11 is 6.01. The predicted molar refractivity (Wildman–Crippen MR) is 128 cm³/mol. The highest BCUT2D eigenvalue weighted by Crippen LogP contribution is 2.25. The quantitative estimate of drug-likeness (QED) is 0.304. The molecule has 0 N–H and O–H groups in total. The van der Waals surface area contributed by atoms with Crippen molar-refractivity contribution >= 4 is 38.3 Å². The van der Waals surface area contributed by atoms with E-state index in [1.807, 2.05) is 0 Å². The minimum absolute atomic E-state index is 0.0630. The normalized spacial score (nSPS) is 14.8. The van der Waals surface area contributed by atoms with Gasteiger partial charge in [0.1, 0.15) is 0 Å². The van der Waals surface area contributed by atoms with Gasteiger partial charge in [0.2, 0.25) is 10.0 Å². The molecule has 1 saturated heterocycles. The summed E-state index contributed by atoms with van der Waals surface area (Å²) in [5.74, 6) is -0.0858. The molecule has 2 aromatic heterocycles. The molecular weight excluding hydrogens is 492 g/mol. The third kappa shape index (κ3) is 4.65. The van der Waals surface area contributed by atoms with Crippen LogP contribution in [-0.2, 0) is 10.0 Å². The van der Waals surface area contributed by atoms with Crippen LogP contribution >= 0.6 is 11.6 Å². The van der Waals surface area contributed by atoms with Gasteiger partial charge in [-0.15, -0.1) is 10.2 Å². The number of hydrogen-bond donors (Lipinski definition) is 0. The van der Waals surface area contributed by atoms with Crippen LogP contribution in [0.1, 0.15) is 10.5 Å². The highest BCUT2D eigenvalue weighted by Gasteiger charge is 2.31. The van der Waals surface area contributed by atoms with Gasteiger partial charge in [0.15, 0.2) is 23.9 Å². The lowest BCUT2D eigenvalue weighted by molar-refractivity contribution is -0.605. The number of nitrogens with zero attached hydrogens (tertiary/aromatic N) is 6. The van der Waals surface area contributed by atoms with Crippen LogP contribution in [0.2, 0.25) is 5.02 Å². The molecule has 178 valence electrons. The number of piperazine rings is 1. The Bertz CT molecular complexity index is 1510. The molecule has 0 spiro atoms. The first kappa shape index (κ1) is 23.1. The average molecular weight is 511 g/mol. The maximum absolute atomic E-state index is 13.2. The van der Waals surface area contributed by atoms with Crippen LogP contribution in [0, 0.1) is 5.21 Å². The van der Waals surface area contributed by atoms with Crippen LogP contribution in [-0.4, -0.2) is 64.9 Å². The summed E-state index contributed by atoms with van der Waals surface area (Å²) in [4.78, 5) is 18.8. The minimum atomic E-state index is -3.72. The lowest BCUT2D eigenvalue weighted by Crippen LogP contribution is -2.50. The van der Waals surface area contributed by atoms with E-state index >= 15 is 0 Å². The Hall–Kier alpha value is -3.67. The Morgan fingerprint density at radius 1 is 0.943 bits per heavy atom. The van der Waals surface area contributed by atoms with Crippen molar-refractivity contribution in [2.24, 2.45) is 0 Å². The van der Waals surface area contributed by atoms with Gasteiger partial charge in [-0.1, -0.05) is 23.7 Å². The Kier molecular flexibility index (Phi) is 6.05. The third-order valence-electron chi connectivity index (χ3n) is 5.78. The second-order valence-corrected chi connectivity index (χ2v) is 10.3. The Balaban J connectivity index is 1.26. The molecule has 1 fully saturated rings. The maximum Gasteiger partial charge on any atom is 0.276 e. The third-order valence-corrected chi connectivity index (χ3v) is 7.91. The summed E-state index contributed by atoms with van der Waals surface area (Å²) in [7, 11) is -3.72. The molecule has 1 aliphatic rings. The predicted octanol–water partition coefficient (Wildman–Crippen LogP) is 2.13. The van der Waals surface area contributed by atoms with Crippen molar-refractivity contribution in [2.75, 3.05) is 26.2 Å². The fraction of sp³-hybridized carbons (Fsp3) is 0.174. The molecule has 0 saturated carbocycles. The van der Waals surface area contributed by atoms with Gasteiger partial charge in [0, 0.05) is 48.9 Å². The molecule has 2 aromatic carbocycles. The fourth-order valence-electron chi connectivity index (χ4n) is 3.87. The molecule has 12 heteroatoms. The second-order valence-electron chi connectivity index (χ2n) is 7.96. The van der Waals surface area contributed by atoms with E-state index in [2.05, 4.69) is 15.2 Å². The van der Waals surface area contributed by atoms with Crippen molar-refractivity contribution in [3.63, 3.8) is 0 Å². The first-order valence-electron chi connectivity index (χ1n) is 10.7. The number of halogens is 1. The molecule has 1 amide bonds. The summed E-state index contributed by atoms with van der Waals surface area (Å²) in [6.07, 6.45) is 3.96. The number of hydrogen-bond acceptors (Lipinski definition) is 7. The van der Waals surface area contributed by atoms with Crippen molar-refractivity contribution in [3.8, 4) is 11.4 Å². The van der Waals surface area contributed by atoms with Crippen LogP contribution in [0.4, 0.5) is 0 Å². The Morgan fingerprint density at radius 2 is 1.63 bits per heavy atom. The monoisotopic (exact) mass is 510 g/mol. The number of fused-ring (bicyclic) bond motifs is 1. The molecule has 0 unspecified atom stereocenters. The van der Waals surface area contributed by atoms with Crippen molar-refractivity contribution in [1.29, 1.82) is 0 Å². The van der Waals surface area contributed by atoms with E-state index in [-0.39, 0.29) is 48.5 Å². The van der Waals surface area contributed by atoms with Crippen molar-refractivity contribution in [3.05, 3.63) is 83.0 Å². The van der Waals surface area contributed by atoms with Gasteiger partial charge < -0.3 is 10.1 Å². The molecule has 0 radical (unpaired) electrons. The SMILES string of the molecule is O=C(c1cnc(-c2cc[n+]([O-])cc2)nn1)N1CCN(S(=O)(=O)c2ccc3cc(Cl)ccc3c2)CC1. The van der Waals surface area contributed by atoms with Gasteiger partial charge in [0.25, 0.3) is 5.91 Å². The van der Waals surface area contributed by atoms with Crippen molar-refractivity contribution < 1.29 is 17.9 Å². The van der Waals surface area contributed by atoms with E-state index in [0.29, 0.717) is 15.3 Å². The molecule has 3 heterocycles. The summed E-state index contributed by atoms with van der Waals surface area (Å²) in [5.41, 5.74) is 0.660. The molecular formula is C23H19ClN6O4S. The van der Waals surface area contributed by atoms with Crippen LogP contribution < -0.4 is 4.73 Å². The first-order valence-corrected chi connectivity index (χ1v) is 12.5. The van der Waals surface area contributed by atoms with E-state index in [4.69, 9.17) is 11.6 Å². The zero-order valence-electron chi connectivity index (χ0n) is 18.3. The van der Waals surface area contributed by atoms with Gasteiger partial charge in [0.05, 0.1) is 11.1 Å². The maximum atomic E-state index is 13.2. The lowest BCUT2D eigenvalue weighted by Gasteiger charge is -2.33. The van der Waals surface area contributed by atoms with Gasteiger partial charge in [-0.3, -0.25) is 4.79 Å². The van der Waals surface area contributed by atoms with E-state index in [0.717, 1.165) is 10.8 Å². The average Bonchev–Trinajstić information content (AvgIpc) is 2.88. The molecule has 35 heavy (non-hydrogen) atoms. The lowest BCUT2D eigenvalue weighted by atomic mass is 10.1. The number of sulfonamides is 1. The van der Waals surface area contributed by atoms with Gasteiger partial charge in [-0.25, -0.2) is 13.4 Å². The number of benzene rings is 2. The number of carbonyl (C=O) groups excluding carboxylic acids is 1. The fourth-order valence-corrected chi connectivity index (χ4v) is 5.50. The van der Waals surface area contributed by atoms with Gasteiger partial charge in [-0.2, -0.15) is 9.04 Å². The zero-order chi connectivity index (χ0) is 24.6. The van der Waals surface area contributed by atoms with Gasteiger partial charge >= 0.3 is 0 Å². The van der Waals surface area contributed by atoms with Crippen LogP contribution in [0.3, 0.4) is 0 Å². The molecule has 0 atom stereocenters. The highest BCUT2D eigenvalue weighted by molar-refractivity contribution is 7.89. The summed E-state index contributed by atoms with van der Waals surface area (Å²) in [5, 5.41) is 21.3. The molecule has 0 bridgehead atoms. The zero-order valence-corrected chi connectivity index (χ0v) is 19.9. The number of amides is 1. The van der Waals surface area contributed by atoms with E-state index < -0.39 is 10.0 Å². The summed E-state index contributed by atoms with van der Waals surface area (Å²) in [6, 6.07) is 13.3. The minimum Gasteiger partial charge on any atom is -0.619 e. The van der Waals surface area contributed by atoms with E-state index in [1.165, 1.54) is 27.8 Å². The van der Waals surface area contributed by atoms with Crippen molar-refractivity contribution in [2.45, 2.75) is 4.90 Å². The topological polar surface area (TPSA) is 123 Å². The highest BCUT2D eigenvalue weighted by atomic mass is 35.5. The number of rotatable bonds is 4. The standard InChI is InChI=1S/C23H19ClN6O4S/c24-19-3-1-18-14-20(4-2-17(18)13-19)35(33,34)30-11-9-28(10-12-30)23(31)21-15-25-22(27-26-21)16-5-7-29(32)8-6-16/h1-8,13-15H,9-12H2. The second kappa shape index (κ2) is 9.17. The largest absolute Gasteiger partial charge is 0.619 e. The molecule has 10 nitrogen and oxygen atoms in total. The van der Waals surface area contributed by atoms with Crippen LogP contribution in [0.5, 0.6) is 0 Å². The van der Waals surface area contributed by atoms with Gasteiger partial charge in [-0.05, 0) is 35.0 Å². The van der Waals surface area contributed by atoms with Crippen LogP contribution in [0.15, 0.2) is 72.0 Å². The van der Waals surface area contributed by atoms with E-state index in [9.17, 15) is 18.4 Å². The van der Waals surface area contributed by atoms with Crippen LogP contribution in [0.25, 0.3) is 22.2 Å². The number of pyridine rings is 1. The molecule has 1 aliphatic heterocycles. The molecule has 0 aliphatic carbocycles. The smallest absolute Gasteiger partial charge is 0.276 e. The molecule has 5 rings (SSSR count). The van der Waals surface area contributed by atoms with E-state index in [1.54, 1.807) is 48.5 Å².